The molecule has 0 spiro atoms. The van der Waals surface area contributed by atoms with Crippen molar-refractivity contribution in [2.24, 2.45) is 0 Å². The summed E-state index contributed by atoms with van der Waals surface area (Å²) in [6.07, 6.45) is 2.09. The molecule has 0 radical (unpaired) electrons. The number of aromatic nitrogens is 1. The molecule has 0 amide bonds. The van der Waals surface area contributed by atoms with E-state index in [9.17, 15) is 4.79 Å². The third kappa shape index (κ3) is 3.71. The highest BCUT2D eigenvalue weighted by atomic mass is 127. The fourth-order valence-corrected chi connectivity index (χ4v) is 3.25. The lowest BCUT2D eigenvalue weighted by Crippen LogP contribution is -2.31. The maximum absolute atomic E-state index is 11.9. The summed E-state index contributed by atoms with van der Waals surface area (Å²) in [5.41, 5.74) is 1.41. The van der Waals surface area contributed by atoms with Gasteiger partial charge in [0.1, 0.15) is 11.9 Å². The minimum absolute atomic E-state index is 0.0936. The molecule has 120 valence electrons. The number of esters is 1. The van der Waals surface area contributed by atoms with Crippen LogP contribution in [0.15, 0.2) is 18.2 Å². The number of ether oxygens (including phenoxy) is 1. The molecule has 0 aliphatic heterocycles. The van der Waals surface area contributed by atoms with Crippen molar-refractivity contribution in [1.29, 1.82) is 0 Å². The van der Waals surface area contributed by atoms with Crippen molar-refractivity contribution in [2.45, 2.75) is 32.4 Å². The van der Waals surface area contributed by atoms with Crippen molar-refractivity contribution < 1.29 is 13.7 Å². The smallest absolute Gasteiger partial charge is 0.355 e. The van der Waals surface area contributed by atoms with E-state index >= 15 is 0 Å². The van der Waals surface area contributed by atoms with Crippen LogP contribution in [0.4, 0.5) is 0 Å². The second kappa shape index (κ2) is 6.70. The van der Waals surface area contributed by atoms with Crippen molar-refractivity contribution in [1.82, 2.24) is 4.98 Å². The average Bonchev–Trinajstić information content (AvgIpc) is 2.75. The number of nitrogens with one attached hydrogen (secondary N) is 1. The molecule has 1 heterocycles. The highest BCUT2D eigenvalue weighted by molar-refractivity contribution is 14.1. The van der Waals surface area contributed by atoms with Crippen LogP contribution in [0.25, 0.3) is 10.9 Å². The highest BCUT2D eigenvalue weighted by Crippen LogP contribution is 2.30. The molecule has 0 saturated carbocycles. The van der Waals surface area contributed by atoms with Gasteiger partial charge >= 0.3 is 5.97 Å². The monoisotopic (exact) mass is 434 g/mol. The van der Waals surface area contributed by atoms with E-state index in [1.165, 1.54) is 0 Å². The van der Waals surface area contributed by atoms with Crippen LogP contribution in [0.3, 0.4) is 0 Å². The molecule has 1 unspecified atom stereocenters. The lowest BCUT2D eigenvalue weighted by molar-refractivity contribution is 0.0519. The van der Waals surface area contributed by atoms with Crippen LogP contribution in [0.2, 0.25) is 0 Å². The third-order valence-electron chi connectivity index (χ3n) is 3.27. The van der Waals surface area contributed by atoms with Crippen LogP contribution in [-0.2, 0) is 15.9 Å². The second-order valence-electron chi connectivity index (χ2n) is 5.89. The molecule has 0 aliphatic carbocycles. The first-order valence-electron chi connectivity index (χ1n) is 7.06. The van der Waals surface area contributed by atoms with Crippen molar-refractivity contribution in [3.05, 3.63) is 27.5 Å². The Hall–Kier alpha value is -0.890. The van der Waals surface area contributed by atoms with Crippen LogP contribution in [-0.4, -0.2) is 28.6 Å². The molecule has 0 fully saturated rings. The fourth-order valence-electron chi connectivity index (χ4n) is 1.80. The van der Waals surface area contributed by atoms with Gasteiger partial charge in [0.25, 0.3) is 0 Å². The zero-order valence-electron chi connectivity index (χ0n) is 13.5. The van der Waals surface area contributed by atoms with Gasteiger partial charge in [0.05, 0.1) is 10.2 Å². The SMILES string of the molecule is CCOC(=O)c1[nH]c2ccc(O[S+](C)C(C)(C)C)cc2c1I. The summed E-state index contributed by atoms with van der Waals surface area (Å²) < 4.78 is 12.1. The number of fused-ring (bicyclic) bond motifs is 1. The van der Waals surface area contributed by atoms with E-state index in [4.69, 9.17) is 8.92 Å². The topological polar surface area (TPSA) is 51.3 Å². The van der Waals surface area contributed by atoms with E-state index in [-0.39, 0.29) is 21.9 Å². The zero-order chi connectivity index (χ0) is 16.5. The molecule has 1 aromatic heterocycles. The van der Waals surface area contributed by atoms with Crippen molar-refractivity contribution >= 4 is 50.6 Å². The number of aromatic amines is 1. The molecule has 1 aromatic carbocycles. The van der Waals surface area contributed by atoms with E-state index in [1.807, 2.05) is 18.2 Å². The van der Waals surface area contributed by atoms with Gasteiger partial charge in [0, 0.05) is 10.9 Å². The number of rotatable bonds is 4. The summed E-state index contributed by atoms with van der Waals surface area (Å²) in [4.78, 5) is 15.1. The number of benzene rings is 1. The van der Waals surface area contributed by atoms with Gasteiger partial charge in [-0.05, 0) is 68.5 Å². The number of carbonyl (C=O) groups is 1. The predicted molar refractivity (Wildman–Crippen MR) is 101 cm³/mol. The van der Waals surface area contributed by atoms with Gasteiger partial charge in [-0.2, -0.15) is 0 Å². The molecular weight excluding hydrogens is 413 g/mol. The summed E-state index contributed by atoms with van der Waals surface area (Å²) in [7, 11) is 0. The summed E-state index contributed by atoms with van der Waals surface area (Å²) in [5, 5.41) is 0.979. The maximum atomic E-state index is 11.9. The Morgan fingerprint density at radius 3 is 2.64 bits per heavy atom. The minimum Gasteiger partial charge on any atom is -0.461 e. The normalized spacial score (nSPS) is 13.2. The van der Waals surface area contributed by atoms with Crippen molar-refractivity contribution in [3.63, 3.8) is 0 Å². The van der Waals surface area contributed by atoms with Gasteiger partial charge in [-0.3, -0.25) is 4.18 Å². The Labute approximate surface area is 147 Å². The molecule has 1 atom stereocenters. The largest absolute Gasteiger partial charge is 0.461 e. The summed E-state index contributed by atoms with van der Waals surface area (Å²) in [6, 6.07) is 5.85. The lowest BCUT2D eigenvalue weighted by atomic mass is 10.2. The lowest BCUT2D eigenvalue weighted by Gasteiger charge is -2.15. The van der Waals surface area contributed by atoms with Gasteiger partial charge in [-0.1, -0.05) is 0 Å². The fraction of sp³-hybridized carbons (Fsp3) is 0.438. The average molecular weight is 434 g/mol. The van der Waals surface area contributed by atoms with E-state index < -0.39 is 0 Å². The molecule has 0 aliphatic rings. The van der Waals surface area contributed by atoms with Gasteiger partial charge < -0.3 is 9.72 Å². The summed E-state index contributed by atoms with van der Waals surface area (Å²) >= 11 is 1.97. The number of carbonyl (C=O) groups excluding carboxylic acids is 1. The molecule has 22 heavy (non-hydrogen) atoms. The standard InChI is InChI=1S/C16H20INO3S/c1-6-20-15(19)14-13(17)11-9-10(7-8-12(11)18-14)21-22(5)16(2,3)4/h7-9H,6H2,1-5H3/p+1. The molecule has 0 saturated heterocycles. The molecule has 1 N–H and O–H groups in total. The Balaban J connectivity index is 2.34. The Kier molecular flexibility index (Phi) is 5.32. The van der Waals surface area contributed by atoms with E-state index in [2.05, 4.69) is 54.6 Å². The van der Waals surface area contributed by atoms with Crippen LogP contribution in [0.5, 0.6) is 5.75 Å². The molecule has 4 nitrogen and oxygen atoms in total. The number of halogens is 1. The van der Waals surface area contributed by atoms with E-state index in [1.54, 1.807) is 6.92 Å². The van der Waals surface area contributed by atoms with Gasteiger partial charge in [0.15, 0.2) is 21.7 Å². The van der Waals surface area contributed by atoms with Gasteiger partial charge in [-0.15, -0.1) is 0 Å². The van der Waals surface area contributed by atoms with E-state index in [0.29, 0.717) is 12.3 Å². The minimum atomic E-state index is -0.324. The summed E-state index contributed by atoms with van der Waals surface area (Å²) in [6.45, 7) is 8.64. The number of hydrogen-bond acceptors (Lipinski definition) is 3. The highest BCUT2D eigenvalue weighted by Gasteiger charge is 2.33. The quantitative estimate of drug-likeness (QED) is 0.444. The molecular formula is C16H21INO3S+. The third-order valence-corrected chi connectivity index (χ3v) is 6.56. The Morgan fingerprint density at radius 1 is 1.36 bits per heavy atom. The first-order chi connectivity index (χ1) is 10.2. The molecule has 2 rings (SSSR count). The van der Waals surface area contributed by atoms with Crippen molar-refractivity contribution in [2.75, 3.05) is 12.9 Å². The van der Waals surface area contributed by atoms with Gasteiger partial charge in [0.2, 0.25) is 0 Å². The first-order valence-corrected chi connectivity index (χ1v) is 9.70. The van der Waals surface area contributed by atoms with E-state index in [0.717, 1.165) is 20.2 Å². The first kappa shape index (κ1) is 17.5. The summed E-state index contributed by atoms with van der Waals surface area (Å²) in [5.74, 6) is 0.496. The van der Waals surface area contributed by atoms with Crippen LogP contribution >= 0.6 is 22.6 Å². The predicted octanol–water partition coefficient (Wildman–Crippen LogP) is 4.29. The number of hydrogen-bond donors (Lipinski definition) is 1. The Bertz CT molecular complexity index is 690. The molecule has 6 heteroatoms. The van der Waals surface area contributed by atoms with Crippen LogP contribution < -0.4 is 4.18 Å². The Morgan fingerprint density at radius 2 is 2.05 bits per heavy atom. The zero-order valence-corrected chi connectivity index (χ0v) is 16.4. The molecule has 0 bridgehead atoms. The van der Waals surface area contributed by atoms with Crippen molar-refractivity contribution in [3.8, 4) is 5.75 Å². The van der Waals surface area contributed by atoms with Crippen LogP contribution in [0.1, 0.15) is 38.2 Å². The second-order valence-corrected chi connectivity index (χ2v) is 9.27. The number of H-pyrrole nitrogens is 1. The molecule has 2 aromatic rings. The van der Waals surface area contributed by atoms with Gasteiger partial charge in [-0.25, -0.2) is 4.79 Å². The van der Waals surface area contributed by atoms with Crippen LogP contribution in [0, 0.1) is 3.57 Å². The maximum Gasteiger partial charge on any atom is 0.355 e.